The zero-order valence-corrected chi connectivity index (χ0v) is 6.41. The normalized spacial score (nSPS) is 15.5. The number of carbonyl (C=O) groups excluding carboxylic acids is 1. The molecule has 0 aromatic carbocycles. The molecule has 0 heterocycles. The van der Waals surface area contributed by atoms with Crippen LogP contribution in [0.15, 0.2) is 12.7 Å². The maximum Gasteiger partial charge on any atom is 0.302 e. The molecule has 5 nitrogen and oxygen atoms in total. The van der Waals surface area contributed by atoms with Crippen molar-refractivity contribution >= 4 is 17.1 Å². The van der Waals surface area contributed by atoms with Crippen molar-refractivity contribution in [2.75, 3.05) is 6.61 Å². The topological polar surface area (TPSA) is 83.8 Å². The number of hydrogen-bond donors (Lipinski definition) is 2. The molecule has 0 radical (unpaired) electrons. The van der Waals surface area contributed by atoms with Crippen LogP contribution in [0.3, 0.4) is 0 Å². The van der Waals surface area contributed by atoms with Gasteiger partial charge in [-0.1, -0.05) is 6.58 Å². The molecule has 0 saturated heterocycles. The highest BCUT2D eigenvalue weighted by Gasteiger charge is 2.12. The van der Waals surface area contributed by atoms with Gasteiger partial charge in [-0.25, -0.2) is 0 Å². The van der Waals surface area contributed by atoms with Crippen molar-refractivity contribution in [3.63, 3.8) is 0 Å². The smallest absolute Gasteiger partial charge is 0.302 e. The van der Waals surface area contributed by atoms with Crippen LogP contribution >= 0.6 is 0 Å². The second-order valence-corrected chi connectivity index (χ2v) is 2.29. The molecule has 0 spiro atoms. The molecular formula is C5H8O5S. The van der Waals surface area contributed by atoms with E-state index in [1.807, 2.05) is 0 Å². The zero-order valence-electron chi connectivity index (χ0n) is 5.60. The van der Waals surface area contributed by atoms with Crippen molar-refractivity contribution in [2.45, 2.75) is 6.10 Å². The predicted molar refractivity (Wildman–Crippen MR) is 37.9 cm³/mol. The number of ketones is 1. The molecular weight excluding hydrogens is 172 g/mol. The Bertz CT molecular complexity index is 178. The highest BCUT2D eigenvalue weighted by atomic mass is 32.2. The Labute approximate surface area is 66.2 Å². The molecule has 0 aliphatic carbocycles. The average Bonchev–Trinajstić information content (AvgIpc) is 1.98. The van der Waals surface area contributed by atoms with Crippen LogP contribution in [0.4, 0.5) is 0 Å². The summed E-state index contributed by atoms with van der Waals surface area (Å²) in [5, 5.41) is 8.78. The fourth-order valence-corrected chi connectivity index (χ4v) is 0.586. The van der Waals surface area contributed by atoms with E-state index in [1.165, 1.54) is 0 Å². The molecule has 11 heavy (non-hydrogen) atoms. The van der Waals surface area contributed by atoms with Gasteiger partial charge in [0.05, 0.1) is 6.61 Å². The lowest BCUT2D eigenvalue weighted by atomic mass is 10.2. The maximum atomic E-state index is 10.5. The summed E-state index contributed by atoms with van der Waals surface area (Å²) in [4.78, 5) is 10.5. The van der Waals surface area contributed by atoms with Crippen molar-refractivity contribution in [1.29, 1.82) is 0 Å². The molecule has 0 aliphatic heterocycles. The first-order chi connectivity index (χ1) is 5.07. The summed E-state index contributed by atoms with van der Waals surface area (Å²) in [6.45, 7) is 2.60. The second kappa shape index (κ2) is 5.14. The van der Waals surface area contributed by atoms with Gasteiger partial charge < -0.3 is 5.11 Å². The van der Waals surface area contributed by atoms with E-state index in [2.05, 4.69) is 10.8 Å². The van der Waals surface area contributed by atoms with E-state index in [0.717, 1.165) is 6.08 Å². The van der Waals surface area contributed by atoms with Crippen LogP contribution in [-0.4, -0.2) is 32.4 Å². The van der Waals surface area contributed by atoms with Crippen LogP contribution in [0.25, 0.3) is 0 Å². The molecule has 0 fully saturated rings. The van der Waals surface area contributed by atoms with Gasteiger partial charge in [0.1, 0.15) is 6.10 Å². The SMILES string of the molecule is C=CC(=O)C(O)COS(=O)O. The Kier molecular flexibility index (Phi) is 4.88. The minimum absolute atomic E-state index is 0.506. The van der Waals surface area contributed by atoms with Crippen LogP contribution in [0.2, 0.25) is 0 Å². The third-order valence-corrected chi connectivity index (χ3v) is 1.19. The molecule has 0 aromatic heterocycles. The standard InChI is InChI=1S/C5H8O5S/c1-2-4(6)5(7)3-10-11(8)9/h2,5,7H,1,3H2,(H,8,9). The van der Waals surface area contributed by atoms with Crippen molar-refractivity contribution in [2.24, 2.45) is 0 Å². The van der Waals surface area contributed by atoms with Gasteiger partial charge in [-0.3, -0.25) is 13.5 Å². The minimum atomic E-state index is -2.45. The van der Waals surface area contributed by atoms with Crippen LogP contribution in [0, 0.1) is 0 Å². The van der Waals surface area contributed by atoms with Crippen LogP contribution in [0.1, 0.15) is 0 Å². The summed E-state index contributed by atoms with van der Waals surface area (Å²) in [6.07, 6.45) is -0.502. The summed E-state index contributed by atoms with van der Waals surface area (Å²) in [6, 6.07) is 0. The van der Waals surface area contributed by atoms with E-state index in [-0.39, 0.29) is 0 Å². The van der Waals surface area contributed by atoms with Crippen LogP contribution < -0.4 is 0 Å². The Morgan fingerprint density at radius 1 is 1.82 bits per heavy atom. The molecule has 0 aliphatic rings. The summed E-state index contributed by atoms with van der Waals surface area (Å²) in [5.74, 6) is -0.643. The van der Waals surface area contributed by atoms with Crippen molar-refractivity contribution in [3.8, 4) is 0 Å². The summed E-state index contributed by atoms with van der Waals surface area (Å²) in [5.41, 5.74) is 0. The maximum absolute atomic E-state index is 10.5. The summed E-state index contributed by atoms with van der Waals surface area (Å²) in [7, 11) is 0. The summed E-state index contributed by atoms with van der Waals surface area (Å²) >= 11 is -2.45. The molecule has 0 rings (SSSR count). The van der Waals surface area contributed by atoms with E-state index in [1.54, 1.807) is 0 Å². The van der Waals surface area contributed by atoms with Gasteiger partial charge in [0, 0.05) is 0 Å². The van der Waals surface area contributed by atoms with Gasteiger partial charge in [0.25, 0.3) is 0 Å². The third kappa shape index (κ3) is 4.79. The number of carbonyl (C=O) groups is 1. The highest BCUT2D eigenvalue weighted by molar-refractivity contribution is 7.74. The van der Waals surface area contributed by atoms with E-state index in [9.17, 15) is 9.00 Å². The predicted octanol–water partition coefficient (Wildman–Crippen LogP) is -0.744. The Hall–Kier alpha value is -0.560. The molecule has 0 amide bonds. The zero-order chi connectivity index (χ0) is 8.85. The molecule has 2 N–H and O–H groups in total. The fraction of sp³-hybridized carbons (Fsp3) is 0.400. The molecule has 64 valence electrons. The number of hydrogen-bond acceptors (Lipinski definition) is 4. The molecule has 0 bridgehead atoms. The lowest BCUT2D eigenvalue weighted by Gasteiger charge is -2.03. The summed E-state index contributed by atoms with van der Waals surface area (Å²) < 4.78 is 21.9. The fourth-order valence-electron chi connectivity index (χ4n) is 0.341. The number of aliphatic hydroxyl groups excluding tert-OH is 1. The second-order valence-electron chi connectivity index (χ2n) is 1.62. The molecule has 2 unspecified atom stereocenters. The first-order valence-corrected chi connectivity index (χ1v) is 3.69. The highest BCUT2D eigenvalue weighted by Crippen LogP contribution is 1.90. The molecule has 0 saturated carbocycles. The van der Waals surface area contributed by atoms with Gasteiger partial charge in [-0.15, -0.1) is 0 Å². The van der Waals surface area contributed by atoms with Crippen LogP contribution in [0.5, 0.6) is 0 Å². The van der Waals surface area contributed by atoms with Crippen LogP contribution in [-0.2, 0) is 20.3 Å². The average molecular weight is 180 g/mol. The van der Waals surface area contributed by atoms with Crippen molar-refractivity contribution < 1.29 is 22.8 Å². The Balaban J connectivity index is 3.68. The van der Waals surface area contributed by atoms with Gasteiger partial charge in [-0.2, -0.15) is 4.21 Å². The Morgan fingerprint density at radius 2 is 2.36 bits per heavy atom. The van der Waals surface area contributed by atoms with Gasteiger partial charge in [0.2, 0.25) is 0 Å². The Morgan fingerprint density at radius 3 is 2.73 bits per heavy atom. The molecule has 0 aromatic rings. The van der Waals surface area contributed by atoms with Crippen molar-refractivity contribution in [1.82, 2.24) is 0 Å². The first kappa shape index (κ1) is 10.4. The lowest BCUT2D eigenvalue weighted by molar-refractivity contribution is -0.123. The van der Waals surface area contributed by atoms with Gasteiger partial charge in [0.15, 0.2) is 5.78 Å². The van der Waals surface area contributed by atoms with E-state index in [4.69, 9.17) is 9.66 Å². The minimum Gasteiger partial charge on any atom is -0.382 e. The number of aliphatic hydroxyl groups is 1. The third-order valence-electron chi connectivity index (χ3n) is 0.856. The molecule has 2 atom stereocenters. The number of rotatable bonds is 5. The molecule has 6 heteroatoms. The monoisotopic (exact) mass is 180 g/mol. The van der Waals surface area contributed by atoms with Crippen molar-refractivity contribution in [3.05, 3.63) is 12.7 Å². The lowest BCUT2D eigenvalue weighted by Crippen LogP contribution is -2.24. The first-order valence-electron chi connectivity index (χ1n) is 2.66. The quantitative estimate of drug-likeness (QED) is 0.430. The van der Waals surface area contributed by atoms with E-state index < -0.39 is 29.9 Å². The van der Waals surface area contributed by atoms with Gasteiger partial charge >= 0.3 is 11.4 Å². The van der Waals surface area contributed by atoms with E-state index in [0.29, 0.717) is 0 Å². The van der Waals surface area contributed by atoms with E-state index >= 15 is 0 Å². The largest absolute Gasteiger partial charge is 0.382 e. The van der Waals surface area contributed by atoms with Gasteiger partial charge in [-0.05, 0) is 6.08 Å².